The van der Waals surface area contributed by atoms with Gasteiger partial charge in [-0.2, -0.15) is 0 Å². The molecule has 42 heavy (non-hydrogen) atoms. The summed E-state index contributed by atoms with van der Waals surface area (Å²) in [6.07, 6.45) is 24.3. The zero-order valence-electron chi connectivity index (χ0n) is 27.7. The van der Waals surface area contributed by atoms with Gasteiger partial charge in [0.25, 0.3) is 0 Å². The van der Waals surface area contributed by atoms with Crippen molar-refractivity contribution in [1.29, 1.82) is 0 Å². The van der Waals surface area contributed by atoms with Gasteiger partial charge in [0.1, 0.15) is 0 Å². The van der Waals surface area contributed by atoms with E-state index in [1.807, 2.05) is 0 Å². The van der Waals surface area contributed by atoms with Crippen LogP contribution in [0, 0.1) is 46.8 Å². The average Bonchev–Trinajstić information content (AvgIpc) is 2.99. The Morgan fingerprint density at radius 2 is 1.43 bits per heavy atom. The number of unbranched alkanes of at least 4 members (excludes halogenated alkanes) is 4. The van der Waals surface area contributed by atoms with Gasteiger partial charge >= 0.3 is 11.9 Å². The SMILES string of the molecule is C=C(C)C(=O)OCC(CCOC(=O)C(C)(C)CO)CC1CCC(C2CCC3CC(CCCCCCC)CCC3C2)CC1. The van der Waals surface area contributed by atoms with E-state index in [0.717, 1.165) is 36.0 Å². The first-order valence-electron chi connectivity index (χ1n) is 17.7. The van der Waals surface area contributed by atoms with Crippen molar-refractivity contribution in [2.24, 2.45) is 46.8 Å². The van der Waals surface area contributed by atoms with Gasteiger partial charge < -0.3 is 14.6 Å². The fraction of sp³-hybridized carbons (Fsp3) is 0.892. The first kappa shape index (κ1) is 35.1. The summed E-state index contributed by atoms with van der Waals surface area (Å²) < 4.78 is 11.0. The molecule has 3 rings (SSSR count). The van der Waals surface area contributed by atoms with Gasteiger partial charge in [-0.3, -0.25) is 4.79 Å². The van der Waals surface area contributed by atoms with Gasteiger partial charge in [0.15, 0.2) is 0 Å². The van der Waals surface area contributed by atoms with Crippen molar-refractivity contribution in [3.05, 3.63) is 12.2 Å². The molecule has 0 aromatic rings. The zero-order valence-corrected chi connectivity index (χ0v) is 27.7. The average molecular weight is 589 g/mol. The van der Waals surface area contributed by atoms with E-state index in [1.165, 1.54) is 103 Å². The van der Waals surface area contributed by atoms with Crippen molar-refractivity contribution in [3.8, 4) is 0 Å². The Balaban J connectivity index is 1.40. The van der Waals surface area contributed by atoms with E-state index in [0.29, 0.717) is 24.5 Å². The van der Waals surface area contributed by atoms with Crippen LogP contribution >= 0.6 is 0 Å². The van der Waals surface area contributed by atoms with Gasteiger partial charge in [0.05, 0.1) is 25.2 Å². The zero-order chi connectivity index (χ0) is 30.5. The minimum Gasteiger partial charge on any atom is -0.465 e. The van der Waals surface area contributed by atoms with Crippen molar-refractivity contribution >= 4 is 11.9 Å². The molecule has 0 bridgehead atoms. The Bertz CT molecular complexity index is 826. The molecule has 5 heteroatoms. The summed E-state index contributed by atoms with van der Waals surface area (Å²) in [5.41, 5.74) is -0.483. The molecule has 0 aliphatic heterocycles. The van der Waals surface area contributed by atoms with E-state index in [4.69, 9.17) is 9.47 Å². The molecule has 0 amide bonds. The Hall–Kier alpha value is -1.36. The number of carbonyl (C=O) groups excluding carboxylic acids is 2. The summed E-state index contributed by atoms with van der Waals surface area (Å²) in [6, 6.07) is 0. The number of rotatable bonds is 17. The highest BCUT2D eigenvalue weighted by Crippen LogP contribution is 2.50. The van der Waals surface area contributed by atoms with Crippen molar-refractivity contribution in [3.63, 3.8) is 0 Å². The third-order valence-corrected chi connectivity index (χ3v) is 11.2. The largest absolute Gasteiger partial charge is 0.465 e. The van der Waals surface area contributed by atoms with Crippen LogP contribution in [-0.4, -0.2) is 36.9 Å². The molecule has 5 atom stereocenters. The fourth-order valence-corrected chi connectivity index (χ4v) is 8.28. The topological polar surface area (TPSA) is 72.8 Å². The standard InChI is InChI=1S/C37H64O5/c1-6-7-8-9-10-11-28-14-17-34-24-33(19-18-32(34)23-28)31-15-12-29(13-16-31)22-30(25-42-35(39)27(2)3)20-21-41-36(40)37(4,5)26-38/h28-34,38H,2,6-26H2,1,3-5H3. The maximum absolute atomic E-state index is 12.3. The first-order chi connectivity index (χ1) is 20.1. The molecular weight excluding hydrogens is 524 g/mol. The predicted molar refractivity (Wildman–Crippen MR) is 171 cm³/mol. The molecule has 3 saturated carbocycles. The van der Waals surface area contributed by atoms with Crippen molar-refractivity contribution < 1.29 is 24.2 Å². The van der Waals surface area contributed by atoms with Gasteiger partial charge in [-0.1, -0.05) is 71.3 Å². The molecule has 242 valence electrons. The molecule has 1 N–H and O–H groups in total. The lowest BCUT2D eigenvalue weighted by Crippen LogP contribution is -2.34. The molecule has 3 aliphatic rings. The molecule has 5 nitrogen and oxygen atoms in total. The lowest BCUT2D eigenvalue weighted by atomic mass is 9.60. The number of aliphatic hydroxyl groups excluding tert-OH is 1. The molecular formula is C37H64O5. The first-order valence-corrected chi connectivity index (χ1v) is 17.7. The van der Waals surface area contributed by atoms with Crippen LogP contribution in [0.3, 0.4) is 0 Å². The molecule has 0 radical (unpaired) electrons. The summed E-state index contributed by atoms with van der Waals surface area (Å²) >= 11 is 0. The third-order valence-electron chi connectivity index (χ3n) is 11.2. The summed E-state index contributed by atoms with van der Waals surface area (Å²) in [4.78, 5) is 24.4. The second-order valence-electron chi connectivity index (χ2n) is 15.2. The number of aliphatic hydroxyl groups is 1. The third kappa shape index (κ3) is 11.3. The van der Waals surface area contributed by atoms with Gasteiger partial charge in [-0.15, -0.1) is 0 Å². The molecule has 0 aromatic heterocycles. The summed E-state index contributed by atoms with van der Waals surface area (Å²) in [6.45, 7) is 11.5. The van der Waals surface area contributed by atoms with Crippen LogP contribution in [0.4, 0.5) is 0 Å². The number of hydrogen-bond donors (Lipinski definition) is 1. The molecule has 3 aliphatic carbocycles. The second kappa shape index (κ2) is 17.8. The molecule has 0 aromatic carbocycles. The highest BCUT2D eigenvalue weighted by molar-refractivity contribution is 5.86. The Kier molecular flexibility index (Phi) is 14.9. The van der Waals surface area contributed by atoms with E-state index >= 15 is 0 Å². The summed E-state index contributed by atoms with van der Waals surface area (Å²) in [5.74, 6) is 4.90. The molecule has 0 saturated heterocycles. The smallest absolute Gasteiger partial charge is 0.333 e. The van der Waals surface area contributed by atoms with Crippen LogP contribution in [-0.2, 0) is 19.1 Å². The minimum absolute atomic E-state index is 0.164. The van der Waals surface area contributed by atoms with E-state index in [-0.39, 0.29) is 31.1 Å². The van der Waals surface area contributed by atoms with Crippen molar-refractivity contribution in [2.45, 2.75) is 143 Å². The molecule has 0 spiro atoms. The Labute approximate surface area is 258 Å². The molecule has 0 heterocycles. The van der Waals surface area contributed by atoms with E-state index < -0.39 is 5.41 Å². The highest BCUT2D eigenvalue weighted by Gasteiger charge is 2.39. The van der Waals surface area contributed by atoms with Gasteiger partial charge in [-0.05, 0) is 120 Å². The van der Waals surface area contributed by atoms with E-state index in [2.05, 4.69) is 13.5 Å². The number of ether oxygens (including phenoxy) is 2. The van der Waals surface area contributed by atoms with Crippen LogP contribution in [0.2, 0.25) is 0 Å². The van der Waals surface area contributed by atoms with Crippen LogP contribution in [0.1, 0.15) is 143 Å². The maximum atomic E-state index is 12.3. The summed E-state index contributed by atoms with van der Waals surface area (Å²) in [5, 5.41) is 9.45. The van der Waals surface area contributed by atoms with E-state index in [1.54, 1.807) is 20.8 Å². The summed E-state index contributed by atoms with van der Waals surface area (Å²) in [7, 11) is 0. The lowest BCUT2D eigenvalue weighted by molar-refractivity contribution is -0.157. The monoisotopic (exact) mass is 588 g/mol. The molecule has 3 fully saturated rings. The number of hydrogen-bond acceptors (Lipinski definition) is 5. The second-order valence-corrected chi connectivity index (χ2v) is 15.2. The predicted octanol–water partition coefficient (Wildman–Crippen LogP) is 9.06. The highest BCUT2D eigenvalue weighted by atomic mass is 16.5. The van der Waals surface area contributed by atoms with Gasteiger partial charge in [0.2, 0.25) is 0 Å². The minimum atomic E-state index is -0.896. The number of esters is 2. The van der Waals surface area contributed by atoms with Crippen molar-refractivity contribution in [1.82, 2.24) is 0 Å². The van der Waals surface area contributed by atoms with Crippen LogP contribution in [0.5, 0.6) is 0 Å². The lowest BCUT2D eigenvalue weighted by Gasteiger charge is -2.45. The maximum Gasteiger partial charge on any atom is 0.333 e. The number of carbonyl (C=O) groups is 2. The normalized spacial score (nSPS) is 28.9. The van der Waals surface area contributed by atoms with Gasteiger partial charge in [0, 0.05) is 5.57 Å². The van der Waals surface area contributed by atoms with Crippen LogP contribution < -0.4 is 0 Å². The van der Waals surface area contributed by atoms with E-state index in [9.17, 15) is 14.7 Å². The fourth-order valence-electron chi connectivity index (χ4n) is 8.28. The quantitative estimate of drug-likeness (QED) is 0.104. The number of fused-ring (bicyclic) bond motifs is 1. The van der Waals surface area contributed by atoms with Crippen LogP contribution in [0.15, 0.2) is 12.2 Å². The van der Waals surface area contributed by atoms with Gasteiger partial charge in [-0.25, -0.2) is 4.79 Å². The van der Waals surface area contributed by atoms with Crippen molar-refractivity contribution in [2.75, 3.05) is 19.8 Å². The Morgan fingerprint density at radius 3 is 2.10 bits per heavy atom. The Morgan fingerprint density at radius 1 is 0.833 bits per heavy atom. The van der Waals surface area contributed by atoms with Crippen LogP contribution in [0.25, 0.3) is 0 Å². The molecule has 5 unspecified atom stereocenters.